The molecular formula is C27H24F2N4O3S2. The lowest BCUT2D eigenvalue weighted by Gasteiger charge is -2.13. The van der Waals surface area contributed by atoms with Crippen molar-refractivity contribution in [3.63, 3.8) is 0 Å². The van der Waals surface area contributed by atoms with Crippen molar-refractivity contribution in [2.75, 3.05) is 13.2 Å². The number of rotatable bonds is 8. The SMILES string of the molecule is Cc1cc(-c2nc3c(C)cc(OCCN(F)S(=O)(=O)c4ccccc4)cc3s2)c2ncc(C(C)F)nc2c1. The van der Waals surface area contributed by atoms with Crippen LogP contribution in [0.15, 0.2) is 65.7 Å². The Bertz CT molecular complexity index is 1740. The van der Waals surface area contributed by atoms with E-state index in [-0.39, 0.29) is 21.7 Å². The van der Waals surface area contributed by atoms with E-state index in [2.05, 4.69) is 9.97 Å². The van der Waals surface area contributed by atoms with Gasteiger partial charge >= 0.3 is 0 Å². The molecule has 0 fully saturated rings. The second-order valence-corrected chi connectivity index (χ2v) is 11.7. The first-order valence-corrected chi connectivity index (χ1v) is 14.1. The van der Waals surface area contributed by atoms with Crippen molar-refractivity contribution in [3.05, 3.63) is 77.6 Å². The van der Waals surface area contributed by atoms with Gasteiger partial charge in [0.25, 0.3) is 10.0 Å². The Morgan fingerprint density at radius 3 is 2.55 bits per heavy atom. The summed E-state index contributed by atoms with van der Waals surface area (Å²) in [6.45, 7) is 4.62. The topological polar surface area (TPSA) is 85.3 Å². The third-order valence-electron chi connectivity index (χ3n) is 5.94. The summed E-state index contributed by atoms with van der Waals surface area (Å²) in [6, 6.07) is 14.8. The van der Waals surface area contributed by atoms with E-state index in [1.165, 1.54) is 48.7 Å². The van der Waals surface area contributed by atoms with Crippen LogP contribution in [0.5, 0.6) is 5.75 Å². The minimum atomic E-state index is -4.25. The number of fused-ring (bicyclic) bond motifs is 2. The first-order valence-electron chi connectivity index (χ1n) is 11.8. The van der Waals surface area contributed by atoms with Crippen LogP contribution in [0.25, 0.3) is 31.8 Å². The molecule has 38 heavy (non-hydrogen) atoms. The summed E-state index contributed by atoms with van der Waals surface area (Å²) >= 11 is 1.44. The number of nitrogens with zero attached hydrogens (tertiary/aromatic N) is 4. The van der Waals surface area contributed by atoms with E-state index in [0.717, 1.165) is 31.9 Å². The minimum absolute atomic E-state index is 0.124. The minimum Gasteiger partial charge on any atom is -0.492 e. The lowest BCUT2D eigenvalue weighted by molar-refractivity contribution is 0.115. The number of hydrogen-bond donors (Lipinski definition) is 0. The maximum absolute atomic E-state index is 14.4. The van der Waals surface area contributed by atoms with E-state index in [9.17, 15) is 17.3 Å². The van der Waals surface area contributed by atoms with Crippen molar-refractivity contribution in [1.29, 1.82) is 0 Å². The number of aromatic nitrogens is 3. The molecule has 11 heteroatoms. The second-order valence-electron chi connectivity index (χ2n) is 8.87. The van der Waals surface area contributed by atoms with Crippen LogP contribution in [0.2, 0.25) is 0 Å². The molecule has 7 nitrogen and oxygen atoms in total. The van der Waals surface area contributed by atoms with Crippen LogP contribution < -0.4 is 4.74 Å². The van der Waals surface area contributed by atoms with Crippen LogP contribution in [0.4, 0.5) is 8.87 Å². The quantitative estimate of drug-likeness (QED) is 0.203. The van der Waals surface area contributed by atoms with E-state index in [4.69, 9.17) is 9.72 Å². The van der Waals surface area contributed by atoms with Crippen LogP contribution in [-0.2, 0) is 10.0 Å². The Balaban J connectivity index is 1.39. The fraction of sp³-hybridized carbons (Fsp3) is 0.222. The van der Waals surface area contributed by atoms with Gasteiger partial charge in [0.05, 0.1) is 44.6 Å². The van der Waals surface area contributed by atoms with Gasteiger partial charge in [-0.15, -0.1) is 15.8 Å². The largest absolute Gasteiger partial charge is 0.492 e. The molecule has 0 bridgehead atoms. The smallest absolute Gasteiger partial charge is 0.269 e. The average molecular weight is 555 g/mol. The van der Waals surface area contributed by atoms with Gasteiger partial charge in [0.1, 0.15) is 23.5 Å². The van der Waals surface area contributed by atoms with Gasteiger partial charge in [-0.2, -0.15) is 0 Å². The molecule has 2 heterocycles. The predicted octanol–water partition coefficient (Wildman–Crippen LogP) is 6.51. The lowest BCUT2D eigenvalue weighted by Crippen LogP contribution is -2.27. The van der Waals surface area contributed by atoms with E-state index in [1.807, 2.05) is 26.0 Å². The third-order valence-corrected chi connectivity index (χ3v) is 8.55. The summed E-state index contributed by atoms with van der Waals surface area (Å²) in [6.07, 6.45) is 0.227. The molecule has 5 aromatic rings. The van der Waals surface area contributed by atoms with Gasteiger partial charge in [0.15, 0.2) is 0 Å². The monoisotopic (exact) mass is 554 g/mol. The zero-order chi connectivity index (χ0) is 27.0. The van der Waals surface area contributed by atoms with Crippen LogP contribution in [0, 0.1) is 13.8 Å². The summed E-state index contributed by atoms with van der Waals surface area (Å²) in [5.41, 5.74) is 4.90. The molecule has 2 aromatic heterocycles. The van der Waals surface area contributed by atoms with E-state index >= 15 is 0 Å². The number of sulfonamides is 1. The molecule has 196 valence electrons. The molecule has 0 amide bonds. The van der Waals surface area contributed by atoms with E-state index < -0.39 is 22.7 Å². The number of ether oxygens (including phenoxy) is 1. The molecule has 0 saturated carbocycles. The molecule has 1 atom stereocenters. The van der Waals surface area contributed by atoms with Gasteiger partial charge < -0.3 is 4.74 Å². The molecule has 0 aliphatic heterocycles. The van der Waals surface area contributed by atoms with Gasteiger partial charge in [-0.25, -0.2) is 22.8 Å². The van der Waals surface area contributed by atoms with Crippen molar-refractivity contribution in [2.45, 2.75) is 31.8 Å². The van der Waals surface area contributed by atoms with E-state index in [1.54, 1.807) is 18.2 Å². The number of alkyl halides is 1. The summed E-state index contributed by atoms with van der Waals surface area (Å²) < 4.78 is 59.3. The fourth-order valence-electron chi connectivity index (χ4n) is 4.06. The Morgan fingerprint density at radius 2 is 1.82 bits per heavy atom. The molecule has 0 radical (unpaired) electrons. The molecule has 0 aliphatic rings. The maximum Gasteiger partial charge on any atom is 0.269 e. The summed E-state index contributed by atoms with van der Waals surface area (Å²) in [7, 11) is -4.25. The summed E-state index contributed by atoms with van der Waals surface area (Å²) in [5.74, 6) is 0.478. The molecule has 0 aliphatic carbocycles. The van der Waals surface area contributed by atoms with Crippen molar-refractivity contribution in [1.82, 2.24) is 19.5 Å². The third kappa shape index (κ3) is 5.09. The molecule has 0 N–H and O–H groups in total. The highest BCUT2D eigenvalue weighted by atomic mass is 32.2. The Labute approximate surface area is 222 Å². The van der Waals surface area contributed by atoms with Crippen LogP contribution in [-0.4, -0.2) is 41.0 Å². The van der Waals surface area contributed by atoms with Crippen molar-refractivity contribution < 1.29 is 22.0 Å². The summed E-state index contributed by atoms with van der Waals surface area (Å²) in [4.78, 5) is 13.6. The van der Waals surface area contributed by atoms with E-state index in [0.29, 0.717) is 16.8 Å². The highest BCUT2D eigenvalue weighted by Crippen LogP contribution is 2.37. The fourth-order valence-corrected chi connectivity index (χ4v) is 6.19. The van der Waals surface area contributed by atoms with Crippen LogP contribution in [0.3, 0.4) is 0 Å². The highest BCUT2D eigenvalue weighted by molar-refractivity contribution is 7.89. The Kier molecular flexibility index (Phi) is 7.08. The normalized spacial score (nSPS) is 12.9. The van der Waals surface area contributed by atoms with Gasteiger partial charge in [0.2, 0.25) is 0 Å². The Hall–Kier alpha value is -3.54. The molecule has 3 aromatic carbocycles. The number of halogens is 2. The van der Waals surface area contributed by atoms with Crippen molar-refractivity contribution in [3.8, 4) is 16.3 Å². The molecule has 0 saturated heterocycles. The molecular weight excluding hydrogens is 530 g/mol. The highest BCUT2D eigenvalue weighted by Gasteiger charge is 2.24. The Morgan fingerprint density at radius 1 is 1.05 bits per heavy atom. The van der Waals surface area contributed by atoms with Crippen molar-refractivity contribution in [2.24, 2.45) is 0 Å². The standard InChI is InChI=1S/C27H24F2N4O3S2/c1-16-11-21(26-22(12-16)31-23(15-30-26)18(3)28)27-32-25-17(2)13-19(14-24(25)37-27)36-10-9-33(29)38(34,35)20-7-5-4-6-8-20/h4-8,11-15,18H,9-10H2,1-3H3. The number of aryl methyl sites for hydroxylation is 2. The number of thiazole rings is 1. The predicted molar refractivity (Wildman–Crippen MR) is 144 cm³/mol. The van der Waals surface area contributed by atoms with Crippen LogP contribution in [0.1, 0.15) is 29.9 Å². The van der Waals surface area contributed by atoms with Gasteiger partial charge in [-0.05, 0) is 72.8 Å². The number of benzene rings is 3. The first kappa shape index (κ1) is 26.1. The molecule has 1 unspecified atom stereocenters. The van der Waals surface area contributed by atoms with Gasteiger partial charge in [-0.3, -0.25) is 4.98 Å². The zero-order valence-electron chi connectivity index (χ0n) is 20.9. The molecule has 0 spiro atoms. The molecule has 5 rings (SSSR count). The first-order chi connectivity index (χ1) is 18.1. The lowest BCUT2D eigenvalue weighted by atomic mass is 10.1. The zero-order valence-corrected chi connectivity index (χ0v) is 22.5. The number of hydrogen-bond acceptors (Lipinski definition) is 7. The summed E-state index contributed by atoms with van der Waals surface area (Å²) in [5, 5.41) is 0.730. The maximum atomic E-state index is 14.4. The van der Waals surface area contributed by atoms with Crippen LogP contribution >= 0.6 is 11.3 Å². The average Bonchev–Trinajstić information content (AvgIpc) is 3.33. The second kappa shape index (κ2) is 10.3. The van der Waals surface area contributed by atoms with Gasteiger partial charge in [0, 0.05) is 5.56 Å². The van der Waals surface area contributed by atoms with Crippen molar-refractivity contribution >= 4 is 42.6 Å². The van der Waals surface area contributed by atoms with Gasteiger partial charge in [-0.1, -0.05) is 18.2 Å².